The molecule has 2 aromatic rings. The summed E-state index contributed by atoms with van der Waals surface area (Å²) in [4.78, 5) is 24.5. The van der Waals surface area contributed by atoms with Crippen molar-refractivity contribution in [2.45, 2.75) is 13.5 Å². The Labute approximate surface area is 139 Å². The maximum Gasteiger partial charge on any atom is 0.270 e. The summed E-state index contributed by atoms with van der Waals surface area (Å²) < 4.78 is 13.3. The Morgan fingerprint density at radius 1 is 1.25 bits per heavy atom. The fourth-order valence-corrected chi connectivity index (χ4v) is 2.30. The van der Waals surface area contributed by atoms with E-state index in [1.165, 1.54) is 24.3 Å². The lowest BCUT2D eigenvalue weighted by molar-refractivity contribution is -0.384. The molecule has 2 aromatic carbocycles. The zero-order chi connectivity index (χ0) is 17.9. The number of non-ortho nitro benzene ring substituents is 1. The van der Waals surface area contributed by atoms with Crippen LogP contribution in [0.3, 0.4) is 0 Å². The molecule has 7 heteroatoms. The lowest BCUT2D eigenvalue weighted by atomic mass is 10.1. The molecule has 0 atom stereocenters. The second kappa shape index (κ2) is 7.08. The number of hydrogen-bond acceptors (Lipinski definition) is 4. The van der Waals surface area contributed by atoms with Gasteiger partial charge in [0.15, 0.2) is 0 Å². The number of carbonyl (C=O) groups is 1. The van der Waals surface area contributed by atoms with Gasteiger partial charge in [-0.1, -0.05) is 12.1 Å². The van der Waals surface area contributed by atoms with Crippen LogP contribution in [0.2, 0.25) is 0 Å². The molecule has 1 N–H and O–H groups in total. The normalized spacial score (nSPS) is 10.3. The molecule has 0 bridgehead atoms. The lowest BCUT2D eigenvalue weighted by Gasteiger charge is -2.17. The quantitative estimate of drug-likeness (QED) is 0.675. The van der Waals surface area contributed by atoms with E-state index < -0.39 is 10.8 Å². The number of rotatable bonds is 5. The average molecular weight is 331 g/mol. The zero-order valence-corrected chi connectivity index (χ0v) is 13.7. The van der Waals surface area contributed by atoms with Crippen molar-refractivity contribution in [3.63, 3.8) is 0 Å². The van der Waals surface area contributed by atoms with Crippen LogP contribution in [0, 0.1) is 22.9 Å². The number of aryl methyl sites for hydroxylation is 1. The van der Waals surface area contributed by atoms with Gasteiger partial charge in [-0.25, -0.2) is 4.39 Å². The van der Waals surface area contributed by atoms with Gasteiger partial charge in [-0.05, 0) is 30.2 Å². The van der Waals surface area contributed by atoms with E-state index in [1.807, 2.05) is 0 Å². The highest BCUT2D eigenvalue weighted by molar-refractivity contribution is 6.00. The van der Waals surface area contributed by atoms with Crippen molar-refractivity contribution in [2.24, 2.45) is 0 Å². The molecule has 0 aliphatic heterocycles. The Kier molecular flexibility index (Phi) is 5.13. The van der Waals surface area contributed by atoms with Gasteiger partial charge in [0.05, 0.1) is 10.5 Å². The monoisotopic (exact) mass is 331 g/mol. The number of carbonyl (C=O) groups excluding carboxylic acids is 1. The van der Waals surface area contributed by atoms with Crippen LogP contribution in [0.15, 0.2) is 36.4 Å². The third-order valence-corrected chi connectivity index (χ3v) is 3.59. The van der Waals surface area contributed by atoms with E-state index in [0.29, 0.717) is 11.3 Å². The maximum atomic E-state index is 13.3. The summed E-state index contributed by atoms with van der Waals surface area (Å²) in [6.07, 6.45) is 0. The van der Waals surface area contributed by atoms with E-state index in [4.69, 9.17) is 0 Å². The number of anilines is 1. The topological polar surface area (TPSA) is 75.5 Å². The molecular weight excluding hydrogens is 313 g/mol. The Morgan fingerprint density at radius 2 is 1.96 bits per heavy atom. The summed E-state index contributed by atoms with van der Waals surface area (Å²) in [6, 6.07) is 8.72. The van der Waals surface area contributed by atoms with Crippen molar-refractivity contribution in [3.8, 4) is 0 Å². The Balaban J connectivity index is 2.23. The minimum absolute atomic E-state index is 0.150. The minimum Gasteiger partial charge on any atom is -0.377 e. The molecule has 24 heavy (non-hydrogen) atoms. The molecule has 6 nitrogen and oxygen atoms in total. The zero-order valence-electron chi connectivity index (χ0n) is 13.7. The van der Waals surface area contributed by atoms with Gasteiger partial charge in [-0.3, -0.25) is 14.9 Å². The highest BCUT2D eigenvalue weighted by Gasteiger charge is 2.17. The number of amides is 1. The first-order valence-electron chi connectivity index (χ1n) is 7.28. The summed E-state index contributed by atoms with van der Waals surface area (Å²) >= 11 is 0. The van der Waals surface area contributed by atoms with Gasteiger partial charge in [0.25, 0.3) is 11.6 Å². The molecule has 1 amide bonds. The van der Waals surface area contributed by atoms with Crippen molar-refractivity contribution >= 4 is 17.3 Å². The van der Waals surface area contributed by atoms with Crippen LogP contribution in [-0.2, 0) is 6.54 Å². The number of benzene rings is 2. The standard InChI is InChI=1S/C17H18FN3O3/c1-11-8-12(4-6-15(11)18)10-19-17(22)14-9-13(21(23)24)5-7-16(14)20(2)3/h4-9H,10H2,1-3H3,(H,19,22). The van der Waals surface area contributed by atoms with Crippen LogP contribution in [0.25, 0.3) is 0 Å². The van der Waals surface area contributed by atoms with Gasteiger partial charge in [-0.15, -0.1) is 0 Å². The molecular formula is C17H18FN3O3. The number of halogens is 1. The van der Waals surface area contributed by atoms with Gasteiger partial charge < -0.3 is 10.2 Å². The summed E-state index contributed by atoms with van der Waals surface area (Å²) in [5, 5.41) is 13.6. The van der Waals surface area contributed by atoms with Crippen molar-refractivity contribution in [2.75, 3.05) is 19.0 Å². The van der Waals surface area contributed by atoms with Crippen LogP contribution < -0.4 is 10.2 Å². The molecule has 0 aliphatic rings. The van der Waals surface area contributed by atoms with Crippen LogP contribution in [0.4, 0.5) is 15.8 Å². The van der Waals surface area contributed by atoms with Gasteiger partial charge in [0, 0.05) is 38.5 Å². The molecule has 0 saturated carbocycles. The summed E-state index contributed by atoms with van der Waals surface area (Å²) in [6.45, 7) is 1.85. The minimum atomic E-state index is -0.542. The molecule has 0 unspecified atom stereocenters. The smallest absolute Gasteiger partial charge is 0.270 e. The molecule has 0 spiro atoms. The van der Waals surface area contributed by atoms with Crippen molar-refractivity contribution < 1.29 is 14.1 Å². The Morgan fingerprint density at radius 3 is 2.54 bits per heavy atom. The largest absolute Gasteiger partial charge is 0.377 e. The third-order valence-electron chi connectivity index (χ3n) is 3.59. The van der Waals surface area contributed by atoms with E-state index >= 15 is 0 Å². The van der Waals surface area contributed by atoms with Gasteiger partial charge in [0.2, 0.25) is 0 Å². The lowest BCUT2D eigenvalue weighted by Crippen LogP contribution is -2.25. The molecule has 2 rings (SSSR count). The predicted molar refractivity (Wildman–Crippen MR) is 89.7 cm³/mol. The van der Waals surface area contributed by atoms with Crippen LogP contribution >= 0.6 is 0 Å². The summed E-state index contributed by atoms with van der Waals surface area (Å²) in [5.74, 6) is -0.733. The number of nitro benzene ring substituents is 1. The Hall–Kier alpha value is -2.96. The van der Waals surface area contributed by atoms with Gasteiger partial charge in [0.1, 0.15) is 5.82 Å². The second-order valence-corrected chi connectivity index (χ2v) is 5.62. The van der Waals surface area contributed by atoms with E-state index in [9.17, 15) is 19.3 Å². The first kappa shape index (κ1) is 17.4. The number of nitrogens with one attached hydrogen (secondary N) is 1. The van der Waals surface area contributed by atoms with Crippen LogP contribution in [-0.4, -0.2) is 24.9 Å². The Bertz CT molecular complexity index is 791. The second-order valence-electron chi connectivity index (χ2n) is 5.62. The average Bonchev–Trinajstić information content (AvgIpc) is 2.54. The molecule has 126 valence electrons. The highest BCUT2D eigenvalue weighted by atomic mass is 19.1. The van der Waals surface area contributed by atoms with E-state index in [2.05, 4.69) is 5.32 Å². The molecule has 0 heterocycles. The summed E-state index contributed by atoms with van der Waals surface area (Å²) in [5.41, 5.74) is 1.88. The number of hydrogen-bond donors (Lipinski definition) is 1. The fourth-order valence-electron chi connectivity index (χ4n) is 2.30. The van der Waals surface area contributed by atoms with E-state index in [-0.39, 0.29) is 23.6 Å². The van der Waals surface area contributed by atoms with Gasteiger partial charge >= 0.3 is 0 Å². The molecule has 0 aromatic heterocycles. The summed E-state index contributed by atoms with van der Waals surface area (Å²) in [7, 11) is 3.50. The van der Waals surface area contributed by atoms with Crippen LogP contribution in [0.5, 0.6) is 0 Å². The third kappa shape index (κ3) is 3.87. The molecule has 0 saturated heterocycles. The fraction of sp³-hybridized carbons (Fsp3) is 0.235. The highest BCUT2D eigenvalue weighted by Crippen LogP contribution is 2.24. The predicted octanol–water partition coefficient (Wildman–Crippen LogP) is 3.04. The molecule has 0 fully saturated rings. The van der Waals surface area contributed by atoms with Crippen molar-refractivity contribution in [1.29, 1.82) is 0 Å². The first-order chi connectivity index (χ1) is 11.3. The molecule has 0 radical (unpaired) electrons. The first-order valence-corrected chi connectivity index (χ1v) is 7.28. The van der Waals surface area contributed by atoms with Crippen molar-refractivity contribution in [3.05, 3.63) is 69.0 Å². The number of nitrogens with zero attached hydrogens (tertiary/aromatic N) is 2. The van der Waals surface area contributed by atoms with Gasteiger partial charge in [-0.2, -0.15) is 0 Å². The maximum absolute atomic E-state index is 13.3. The van der Waals surface area contributed by atoms with E-state index in [1.54, 1.807) is 38.1 Å². The van der Waals surface area contributed by atoms with Crippen LogP contribution in [0.1, 0.15) is 21.5 Å². The van der Waals surface area contributed by atoms with E-state index in [0.717, 1.165) is 5.56 Å². The molecule has 0 aliphatic carbocycles. The van der Waals surface area contributed by atoms with Crippen molar-refractivity contribution in [1.82, 2.24) is 5.32 Å². The number of nitro groups is 1. The SMILES string of the molecule is Cc1cc(CNC(=O)c2cc([N+](=O)[O-])ccc2N(C)C)ccc1F.